The van der Waals surface area contributed by atoms with Crippen LogP contribution in [-0.2, 0) is 0 Å². The van der Waals surface area contributed by atoms with Crippen molar-refractivity contribution in [3.63, 3.8) is 0 Å². The lowest BCUT2D eigenvalue weighted by Gasteiger charge is -2.00. The molecule has 0 spiro atoms. The van der Waals surface area contributed by atoms with E-state index in [2.05, 4.69) is 10.3 Å². The summed E-state index contributed by atoms with van der Waals surface area (Å²) in [6.07, 6.45) is 0. The van der Waals surface area contributed by atoms with Crippen molar-refractivity contribution in [3.8, 4) is 11.3 Å². The van der Waals surface area contributed by atoms with E-state index in [-0.39, 0.29) is 11.6 Å². The second-order valence-electron chi connectivity index (χ2n) is 3.31. The smallest absolute Gasteiger partial charge is 0.192 e. The maximum Gasteiger partial charge on any atom is 0.192 e. The Morgan fingerprint density at radius 1 is 1.47 bits per heavy atom. The summed E-state index contributed by atoms with van der Waals surface area (Å²) in [5, 5.41) is 11.9. The van der Waals surface area contributed by atoms with Gasteiger partial charge in [0.25, 0.3) is 0 Å². The van der Waals surface area contributed by atoms with E-state index in [1.807, 2.05) is 0 Å². The van der Waals surface area contributed by atoms with Gasteiger partial charge in [0.05, 0.1) is 11.4 Å². The van der Waals surface area contributed by atoms with Crippen molar-refractivity contribution >= 4 is 28.1 Å². The van der Waals surface area contributed by atoms with Gasteiger partial charge >= 0.3 is 0 Å². The summed E-state index contributed by atoms with van der Waals surface area (Å²) < 4.78 is 13.0. The van der Waals surface area contributed by atoms with Gasteiger partial charge in [-0.15, -0.1) is 11.3 Å². The molecule has 1 aromatic heterocycles. The second-order valence-corrected chi connectivity index (χ2v) is 4.17. The predicted octanol–water partition coefficient (Wildman–Crippen LogP) is 1.84. The number of hydrogen-bond acceptors (Lipinski definition) is 4. The quantitative estimate of drug-likeness (QED) is 0.371. The van der Waals surface area contributed by atoms with Crippen LogP contribution in [0.5, 0.6) is 0 Å². The standard InChI is InChI=1S/C10H10FN5S/c11-6-2-1-5(3-7(6)12)8-4-17-10(15-8)16-9(13)14/h1-4H,12H2,(H4,13,14,15,16). The number of nitrogens with zero attached hydrogens (tertiary/aromatic N) is 1. The van der Waals surface area contributed by atoms with Gasteiger partial charge in [0, 0.05) is 10.9 Å². The number of anilines is 2. The molecule has 0 bridgehead atoms. The first kappa shape index (κ1) is 11.3. The average Bonchev–Trinajstić information content (AvgIpc) is 2.69. The van der Waals surface area contributed by atoms with Crippen molar-refractivity contribution in [1.82, 2.24) is 4.98 Å². The first-order chi connectivity index (χ1) is 8.06. The molecule has 0 atom stereocenters. The fourth-order valence-corrected chi connectivity index (χ4v) is 2.01. The van der Waals surface area contributed by atoms with Gasteiger partial charge in [-0.25, -0.2) is 9.37 Å². The molecule has 0 fully saturated rings. The molecule has 17 heavy (non-hydrogen) atoms. The molecule has 7 heteroatoms. The van der Waals surface area contributed by atoms with E-state index >= 15 is 0 Å². The maximum atomic E-state index is 13.0. The molecule has 0 radical (unpaired) electrons. The molecule has 88 valence electrons. The Labute approximate surface area is 101 Å². The van der Waals surface area contributed by atoms with Gasteiger partial charge in [0.15, 0.2) is 11.1 Å². The minimum Gasteiger partial charge on any atom is -0.396 e. The van der Waals surface area contributed by atoms with E-state index < -0.39 is 5.82 Å². The third kappa shape index (κ3) is 2.51. The first-order valence-corrected chi connectivity index (χ1v) is 5.56. The molecule has 1 heterocycles. The van der Waals surface area contributed by atoms with Crippen LogP contribution in [0.2, 0.25) is 0 Å². The summed E-state index contributed by atoms with van der Waals surface area (Å²) in [5.41, 5.74) is 12.1. The van der Waals surface area contributed by atoms with Crippen LogP contribution in [0.15, 0.2) is 23.6 Å². The van der Waals surface area contributed by atoms with Gasteiger partial charge in [-0.2, -0.15) is 0 Å². The minimum atomic E-state index is -0.453. The number of nitrogen functional groups attached to an aromatic ring is 1. The molecular weight excluding hydrogens is 241 g/mol. The number of halogens is 1. The lowest BCUT2D eigenvalue weighted by molar-refractivity contribution is 0.632. The largest absolute Gasteiger partial charge is 0.396 e. The number of rotatable bonds is 2. The summed E-state index contributed by atoms with van der Waals surface area (Å²) in [6.45, 7) is 0. The van der Waals surface area contributed by atoms with E-state index in [9.17, 15) is 4.39 Å². The molecule has 2 rings (SSSR count). The molecule has 6 N–H and O–H groups in total. The zero-order valence-corrected chi connectivity index (χ0v) is 9.51. The first-order valence-electron chi connectivity index (χ1n) is 4.68. The van der Waals surface area contributed by atoms with E-state index in [4.69, 9.17) is 16.9 Å². The van der Waals surface area contributed by atoms with Crippen molar-refractivity contribution < 1.29 is 4.39 Å². The highest BCUT2D eigenvalue weighted by Gasteiger charge is 2.07. The molecule has 0 aliphatic rings. The monoisotopic (exact) mass is 251 g/mol. The van der Waals surface area contributed by atoms with Crippen molar-refractivity contribution in [1.29, 1.82) is 5.41 Å². The lowest BCUT2D eigenvalue weighted by Crippen LogP contribution is -2.20. The molecule has 0 aliphatic heterocycles. The van der Waals surface area contributed by atoms with Crippen LogP contribution in [0.4, 0.5) is 15.2 Å². The van der Waals surface area contributed by atoms with Crippen LogP contribution in [-0.4, -0.2) is 10.9 Å². The molecule has 0 saturated heterocycles. The molecule has 0 saturated carbocycles. The number of benzene rings is 1. The van der Waals surface area contributed by atoms with E-state index in [0.29, 0.717) is 10.8 Å². The average molecular weight is 251 g/mol. The van der Waals surface area contributed by atoms with Crippen molar-refractivity contribution in [2.75, 3.05) is 11.1 Å². The van der Waals surface area contributed by atoms with E-state index in [1.54, 1.807) is 11.4 Å². The van der Waals surface area contributed by atoms with Gasteiger partial charge in [0.1, 0.15) is 5.82 Å². The second kappa shape index (κ2) is 4.38. The number of nitrogens with one attached hydrogen (secondary N) is 2. The highest BCUT2D eigenvalue weighted by Crippen LogP contribution is 2.26. The van der Waals surface area contributed by atoms with Crippen LogP contribution in [0.3, 0.4) is 0 Å². The van der Waals surface area contributed by atoms with Crippen LogP contribution < -0.4 is 16.8 Å². The number of hydrogen-bond donors (Lipinski definition) is 4. The number of thiazole rings is 1. The Balaban J connectivity index is 2.30. The maximum absolute atomic E-state index is 13.0. The lowest BCUT2D eigenvalue weighted by atomic mass is 10.1. The van der Waals surface area contributed by atoms with Crippen molar-refractivity contribution in [2.45, 2.75) is 0 Å². The number of nitrogens with two attached hydrogens (primary N) is 2. The Morgan fingerprint density at radius 2 is 2.24 bits per heavy atom. The van der Waals surface area contributed by atoms with Crippen molar-refractivity contribution in [3.05, 3.63) is 29.4 Å². The van der Waals surface area contributed by atoms with Gasteiger partial charge in [-0.1, -0.05) is 0 Å². The van der Waals surface area contributed by atoms with Crippen LogP contribution >= 0.6 is 11.3 Å². The number of aromatic nitrogens is 1. The molecule has 0 amide bonds. The summed E-state index contributed by atoms with van der Waals surface area (Å²) in [5.74, 6) is -0.629. The fraction of sp³-hybridized carbons (Fsp3) is 0. The molecule has 0 unspecified atom stereocenters. The zero-order chi connectivity index (χ0) is 12.4. The van der Waals surface area contributed by atoms with Gasteiger partial charge in [-0.3, -0.25) is 5.41 Å². The Bertz CT molecular complexity index is 566. The number of guanidine groups is 1. The van der Waals surface area contributed by atoms with Gasteiger partial charge in [0.2, 0.25) is 0 Å². The normalized spacial score (nSPS) is 10.2. The fourth-order valence-electron chi connectivity index (χ4n) is 1.28. The van der Waals surface area contributed by atoms with Crippen LogP contribution in [0.1, 0.15) is 0 Å². The molecule has 0 aliphatic carbocycles. The highest BCUT2D eigenvalue weighted by atomic mass is 32.1. The Kier molecular flexibility index (Phi) is 2.92. The van der Waals surface area contributed by atoms with Crippen LogP contribution in [0.25, 0.3) is 11.3 Å². The van der Waals surface area contributed by atoms with Gasteiger partial charge in [-0.05, 0) is 18.2 Å². The van der Waals surface area contributed by atoms with Crippen molar-refractivity contribution in [2.24, 2.45) is 5.73 Å². The third-order valence-corrected chi connectivity index (χ3v) is 2.80. The summed E-state index contributed by atoms with van der Waals surface area (Å²) in [4.78, 5) is 4.20. The molecule has 1 aromatic carbocycles. The highest BCUT2D eigenvalue weighted by molar-refractivity contribution is 7.14. The predicted molar refractivity (Wildman–Crippen MR) is 67.5 cm³/mol. The zero-order valence-electron chi connectivity index (χ0n) is 8.70. The summed E-state index contributed by atoms with van der Waals surface area (Å²) in [7, 11) is 0. The summed E-state index contributed by atoms with van der Waals surface area (Å²) >= 11 is 1.31. The third-order valence-electron chi connectivity index (χ3n) is 2.04. The Morgan fingerprint density at radius 3 is 2.88 bits per heavy atom. The topological polar surface area (TPSA) is 101 Å². The minimum absolute atomic E-state index is 0.0802. The SMILES string of the molecule is N=C(N)Nc1nc(-c2ccc(F)c(N)c2)cs1. The summed E-state index contributed by atoms with van der Waals surface area (Å²) in [6, 6.07) is 4.41. The molecule has 5 nitrogen and oxygen atoms in total. The molecular formula is C10H10FN5S. The van der Waals surface area contributed by atoms with Crippen LogP contribution in [0, 0.1) is 11.2 Å². The van der Waals surface area contributed by atoms with Gasteiger partial charge < -0.3 is 16.8 Å². The van der Waals surface area contributed by atoms with E-state index in [0.717, 1.165) is 5.56 Å². The molecule has 2 aromatic rings. The Hall–Kier alpha value is -2.15. The van der Waals surface area contributed by atoms with E-state index in [1.165, 1.54) is 23.5 Å².